The van der Waals surface area contributed by atoms with Gasteiger partial charge in [0.1, 0.15) is 34.2 Å². The topological polar surface area (TPSA) is 113 Å². The lowest BCUT2D eigenvalue weighted by atomic mass is 10.0. The van der Waals surface area contributed by atoms with Crippen molar-refractivity contribution in [3.63, 3.8) is 0 Å². The van der Waals surface area contributed by atoms with Crippen LogP contribution in [0.2, 0.25) is 0 Å². The Hall–Kier alpha value is -3.39. The zero-order valence-corrected chi connectivity index (χ0v) is 14.0. The van der Waals surface area contributed by atoms with Crippen LogP contribution in [-0.4, -0.2) is 26.2 Å². The van der Waals surface area contributed by atoms with E-state index >= 15 is 0 Å². The Kier molecular flexibility index (Phi) is 3.81. The summed E-state index contributed by atoms with van der Waals surface area (Å²) in [4.78, 5) is 31.0. The lowest BCUT2D eigenvalue weighted by Crippen LogP contribution is -2.13. The highest BCUT2D eigenvalue weighted by atomic mass is 32.1. The molecule has 2 aromatic heterocycles. The normalized spacial score (nSPS) is 11.1. The number of nitrogens with one attached hydrogen (secondary N) is 1. The largest absolute Gasteiger partial charge is 0.507 e. The number of carbonyl (C=O) groups is 1. The fourth-order valence-electron chi connectivity index (χ4n) is 2.70. The number of esters is 1. The van der Waals surface area contributed by atoms with Crippen molar-refractivity contribution in [2.75, 3.05) is 0 Å². The summed E-state index contributed by atoms with van der Waals surface area (Å²) in [6, 6.07) is 9.46. The minimum atomic E-state index is -0.836. The quantitative estimate of drug-likeness (QED) is 0.379. The Bertz CT molecular complexity index is 1210. The number of aromatic nitrogens is 2. The van der Waals surface area contributed by atoms with E-state index < -0.39 is 5.97 Å². The maximum Gasteiger partial charge on any atom is 0.342 e. The van der Waals surface area contributed by atoms with Gasteiger partial charge in [0.15, 0.2) is 0 Å². The van der Waals surface area contributed by atoms with Gasteiger partial charge in [-0.3, -0.25) is 4.79 Å². The minimum absolute atomic E-state index is 0.142. The molecule has 0 saturated heterocycles. The second-order valence-electron chi connectivity index (χ2n) is 5.56. The Balaban J connectivity index is 1.63. The number of ether oxygens (including phenoxy) is 1. The molecule has 0 aliphatic heterocycles. The second kappa shape index (κ2) is 6.16. The van der Waals surface area contributed by atoms with Gasteiger partial charge >= 0.3 is 5.97 Å². The molecule has 0 radical (unpaired) electrons. The van der Waals surface area contributed by atoms with E-state index in [2.05, 4.69) is 9.97 Å². The predicted octanol–water partition coefficient (Wildman–Crippen LogP) is 2.91. The molecule has 0 aliphatic carbocycles. The van der Waals surface area contributed by atoms with Crippen LogP contribution >= 0.6 is 11.3 Å². The first kappa shape index (κ1) is 16.1. The molecule has 0 fully saturated rings. The number of rotatable bonds is 3. The number of phenolic OH excluding ortho intramolecular Hbond substituents is 2. The molecule has 0 atom stereocenters. The highest BCUT2D eigenvalue weighted by Gasteiger charge is 2.18. The number of hydrogen-bond donors (Lipinski definition) is 3. The molecule has 7 nitrogen and oxygen atoms in total. The summed E-state index contributed by atoms with van der Waals surface area (Å²) in [7, 11) is 0. The molecule has 3 N–H and O–H groups in total. The van der Waals surface area contributed by atoms with Gasteiger partial charge in [-0.25, -0.2) is 9.78 Å². The predicted molar refractivity (Wildman–Crippen MR) is 96.6 cm³/mol. The smallest absolute Gasteiger partial charge is 0.342 e. The van der Waals surface area contributed by atoms with Crippen molar-refractivity contribution in [2.24, 2.45) is 0 Å². The van der Waals surface area contributed by atoms with Gasteiger partial charge in [0.2, 0.25) is 0 Å². The number of nitrogens with zero attached hydrogens (tertiary/aromatic N) is 1. The van der Waals surface area contributed by atoms with Crippen molar-refractivity contribution >= 4 is 38.3 Å². The average Bonchev–Trinajstić information content (AvgIpc) is 3.12. The third-order valence-electron chi connectivity index (χ3n) is 3.92. The fourth-order valence-corrected chi connectivity index (χ4v) is 3.42. The van der Waals surface area contributed by atoms with Gasteiger partial charge in [0.05, 0.1) is 5.52 Å². The molecule has 2 heterocycles. The molecule has 2 aromatic carbocycles. The van der Waals surface area contributed by atoms with E-state index in [4.69, 9.17) is 4.74 Å². The summed E-state index contributed by atoms with van der Waals surface area (Å²) in [6.07, 6.45) is 0. The molecule has 4 aromatic rings. The standard InChI is InChI=1S/C18H12N2O5S/c21-13-7-11(15(22)10-4-2-1-3-9(10)13)18(24)25-8-14-19-12-5-6-26-16(12)17(23)20-14/h1-7,21-22H,8H2,(H,19,20,23). The van der Waals surface area contributed by atoms with Crippen LogP contribution in [0.25, 0.3) is 21.0 Å². The summed E-state index contributed by atoms with van der Waals surface area (Å²) >= 11 is 1.27. The molecule has 8 heteroatoms. The maximum absolute atomic E-state index is 12.3. The monoisotopic (exact) mass is 368 g/mol. The summed E-state index contributed by atoms with van der Waals surface area (Å²) in [5.41, 5.74) is 0.0541. The van der Waals surface area contributed by atoms with Crippen LogP contribution in [0.1, 0.15) is 16.2 Å². The van der Waals surface area contributed by atoms with Crippen LogP contribution in [0, 0.1) is 0 Å². The molecule has 0 saturated carbocycles. The van der Waals surface area contributed by atoms with Gasteiger partial charge < -0.3 is 19.9 Å². The number of thiophene rings is 1. The van der Waals surface area contributed by atoms with Gasteiger partial charge in [-0.2, -0.15) is 0 Å². The van der Waals surface area contributed by atoms with E-state index in [1.54, 1.807) is 35.7 Å². The number of benzene rings is 2. The molecule has 0 spiro atoms. The third-order valence-corrected chi connectivity index (χ3v) is 4.82. The summed E-state index contributed by atoms with van der Waals surface area (Å²) in [5, 5.41) is 22.9. The van der Waals surface area contributed by atoms with E-state index in [0.29, 0.717) is 21.0 Å². The van der Waals surface area contributed by atoms with Crippen molar-refractivity contribution in [1.29, 1.82) is 0 Å². The van der Waals surface area contributed by atoms with E-state index in [9.17, 15) is 19.8 Å². The third kappa shape index (κ3) is 2.66. The van der Waals surface area contributed by atoms with E-state index in [0.717, 1.165) is 6.07 Å². The Labute approximate surface area is 150 Å². The highest BCUT2D eigenvalue weighted by molar-refractivity contribution is 7.17. The molecular weight excluding hydrogens is 356 g/mol. The van der Waals surface area contributed by atoms with E-state index in [-0.39, 0.29) is 35.1 Å². The van der Waals surface area contributed by atoms with Gasteiger partial charge in [0, 0.05) is 10.8 Å². The molecule has 4 rings (SSSR count). The number of fused-ring (bicyclic) bond motifs is 2. The first-order valence-corrected chi connectivity index (χ1v) is 8.50. The minimum Gasteiger partial charge on any atom is -0.507 e. The van der Waals surface area contributed by atoms with E-state index in [1.165, 1.54) is 11.3 Å². The zero-order chi connectivity index (χ0) is 18.3. The average molecular weight is 368 g/mol. The lowest BCUT2D eigenvalue weighted by Gasteiger charge is -2.10. The number of hydrogen-bond acceptors (Lipinski definition) is 7. The van der Waals surface area contributed by atoms with Crippen molar-refractivity contribution < 1.29 is 19.7 Å². The molecule has 130 valence electrons. The summed E-state index contributed by atoms with van der Waals surface area (Å²) in [6.45, 7) is -0.271. The Morgan fingerprint density at radius 1 is 1.19 bits per heavy atom. The zero-order valence-electron chi connectivity index (χ0n) is 13.2. The van der Waals surface area contributed by atoms with Crippen molar-refractivity contribution in [2.45, 2.75) is 6.61 Å². The van der Waals surface area contributed by atoms with Crippen LogP contribution in [-0.2, 0) is 11.3 Å². The second-order valence-corrected chi connectivity index (χ2v) is 6.48. The number of aromatic amines is 1. The Morgan fingerprint density at radius 2 is 1.96 bits per heavy atom. The maximum atomic E-state index is 12.3. The van der Waals surface area contributed by atoms with Crippen LogP contribution in [0.3, 0.4) is 0 Å². The van der Waals surface area contributed by atoms with Gasteiger partial charge in [-0.1, -0.05) is 24.3 Å². The van der Waals surface area contributed by atoms with Crippen molar-refractivity contribution in [3.8, 4) is 11.5 Å². The van der Waals surface area contributed by atoms with Gasteiger partial charge in [0.25, 0.3) is 5.56 Å². The number of aromatic hydroxyl groups is 2. The van der Waals surface area contributed by atoms with Crippen LogP contribution in [0.5, 0.6) is 11.5 Å². The van der Waals surface area contributed by atoms with Gasteiger partial charge in [-0.15, -0.1) is 11.3 Å². The fraction of sp³-hybridized carbons (Fsp3) is 0.0556. The molecule has 0 unspecified atom stereocenters. The SMILES string of the molecule is O=C(OCc1nc2ccsc2c(=O)[nH]1)c1cc(O)c2ccccc2c1O. The van der Waals surface area contributed by atoms with E-state index in [1.807, 2.05) is 0 Å². The number of carbonyl (C=O) groups excluding carboxylic acids is 1. The molecule has 26 heavy (non-hydrogen) atoms. The van der Waals surface area contributed by atoms with Crippen molar-refractivity contribution in [3.05, 3.63) is 63.5 Å². The Morgan fingerprint density at radius 3 is 2.77 bits per heavy atom. The number of phenols is 2. The molecule has 0 amide bonds. The van der Waals surface area contributed by atoms with Crippen LogP contribution < -0.4 is 5.56 Å². The molecule has 0 bridgehead atoms. The summed E-state index contributed by atoms with van der Waals surface area (Å²) < 4.78 is 5.64. The van der Waals surface area contributed by atoms with Gasteiger partial charge in [-0.05, 0) is 17.5 Å². The first-order valence-electron chi connectivity index (χ1n) is 7.62. The number of H-pyrrole nitrogens is 1. The van der Waals surface area contributed by atoms with Crippen molar-refractivity contribution in [1.82, 2.24) is 9.97 Å². The lowest BCUT2D eigenvalue weighted by molar-refractivity contribution is 0.0459. The first-order chi connectivity index (χ1) is 12.5. The highest BCUT2D eigenvalue weighted by Crippen LogP contribution is 2.35. The summed E-state index contributed by atoms with van der Waals surface area (Å²) in [5.74, 6) is -1.06. The van der Waals surface area contributed by atoms with Crippen LogP contribution in [0.4, 0.5) is 0 Å². The molecule has 0 aliphatic rings. The van der Waals surface area contributed by atoms with Crippen LogP contribution in [0.15, 0.2) is 46.6 Å². The molecular formula is C18H12N2O5S.